The van der Waals surface area contributed by atoms with E-state index in [2.05, 4.69) is 5.32 Å². The van der Waals surface area contributed by atoms with Crippen LogP contribution < -0.4 is 15.0 Å². The van der Waals surface area contributed by atoms with Gasteiger partial charge >= 0.3 is 0 Å². The molecule has 1 N–H and O–H groups in total. The lowest BCUT2D eigenvalue weighted by Crippen LogP contribution is -2.38. The van der Waals surface area contributed by atoms with E-state index >= 15 is 0 Å². The van der Waals surface area contributed by atoms with Gasteiger partial charge in [-0.3, -0.25) is 9.59 Å². The average Bonchev–Trinajstić information content (AvgIpc) is 3.15. The van der Waals surface area contributed by atoms with E-state index in [0.29, 0.717) is 24.8 Å². The maximum atomic E-state index is 14.6. The third-order valence-electron chi connectivity index (χ3n) is 3.86. The number of thiocarbonyl (C=S) groups is 1. The summed E-state index contributed by atoms with van der Waals surface area (Å²) >= 11 is 13.4. The average molecular weight is 441 g/mol. The van der Waals surface area contributed by atoms with Crippen LogP contribution >= 0.6 is 46.9 Å². The van der Waals surface area contributed by atoms with Crippen molar-refractivity contribution in [3.63, 3.8) is 0 Å². The zero-order valence-electron chi connectivity index (χ0n) is 13.5. The fourth-order valence-corrected chi connectivity index (χ4v) is 4.83. The molecule has 2 aliphatic rings. The molecule has 3 heterocycles. The molecular formula is C17H10ClFN2O3S3. The molecule has 1 fully saturated rings. The van der Waals surface area contributed by atoms with Gasteiger partial charge in [-0.15, -0.1) is 11.3 Å². The molecule has 0 unspecified atom stereocenters. The number of fused-ring (bicyclic) bond motifs is 1. The van der Waals surface area contributed by atoms with E-state index in [1.165, 1.54) is 28.4 Å². The van der Waals surface area contributed by atoms with Crippen LogP contribution in [0.3, 0.4) is 0 Å². The number of amides is 2. The summed E-state index contributed by atoms with van der Waals surface area (Å²) in [6, 6.07) is 6.44. The van der Waals surface area contributed by atoms with E-state index in [1.54, 1.807) is 12.1 Å². The second-order valence-electron chi connectivity index (χ2n) is 5.68. The van der Waals surface area contributed by atoms with Crippen LogP contribution in [0.2, 0.25) is 4.34 Å². The van der Waals surface area contributed by atoms with Crippen LogP contribution in [0.1, 0.15) is 10.4 Å². The predicted molar refractivity (Wildman–Crippen MR) is 109 cm³/mol. The summed E-state index contributed by atoms with van der Waals surface area (Å²) < 4.78 is 20.8. The van der Waals surface area contributed by atoms with E-state index < -0.39 is 5.82 Å². The highest BCUT2D eigenvalue weighted by Crippen LogP contribution is 2.38. The minimum absolute atomic E-state index is 0.0125. The van der Waals surface area contributed by atoms with Crippen molar-refractivity contribution in [2.75, 3.05) is 11.5 Å². The number of thioether (sulfide) groups is 1. The van der Waals surface area contributed by atoms with Crippen LogP contribution in [0.25, 0.3) is 6.08 Å². The second-order valence-corrected chi connectivity index (χ2v) is 9.20. The highest BCUT2D eigenvalue weighted by molar-refractivity contribution is 8.26. The van der Waals surface area contributed by atoms with Crippen molar-refractivity contribution in [3.05, 3.63) is 49.8 Å². The van der Waals surface area contributed by atoms with Gasteiger partial charge < -0.3 is 15.0 Å². The summed E-state index contributed by atoms with van der Waals surface area (Å²) in [4.78, 5) is 26.9. The van der Waals surface area contributed by atoms with Gasteiger partial charge in [0.05, 0.1) is 21.5 Å². The molecular weight excluding hydrogens is 431 g/mol. The molecule has 0 atom stereocenters. The Hall–Kier alpha value is -1.94. The van der Waals surface area contributed by atoms with E-state index in [4.69, 9.17) is 28.6 Å². The number of nitrogens with zero attached hydrogens (tertiary/aromatic N) is 1. The Kier molecular flexibility index (Phi) is 4.94. The van der Waals surface area contributed by atoms with E-state index in [-0.39, 0.29) is 30.7 Å². The number of thiophene rings is 1. The summed E-state index contributed by atoms with van der Waals surface area (Å²) in [7, 11) is 0. The van der Waals surface area contributed by atoms with Crippen LogP contribution in [0.15, 0.2) is 29.2 Å². The Morgan fingerprint density at radius 2 is 2.19 bits per heavy atom. The molecule has 10 heteroatoms. The Morgan fingerprint density at radius 3 is 2.85 bits per heavy atom. The number of rotatable bonds is 3. The van der Waals surface area contributed by atoms with Gasteiger partial charge in [-0.1, -0.05) is 35.6 Å². The Bertz CT molecular complexity index is 1020. The molecule has 1 aromatic heterocycles. The van der Waals surface area contributed by atoms with E-state index in [0.717, 1.165) is 16.6 Å². The normalized spacial score (nSPS) is 17.9. The van der Waals surface area contributed by atoms with Crippen molar-refractivity contribution < 1.29 is 18.7 Å². The summed E-state index contributed by atoms with van der Waals surface area (Å²) in [6.07, 6.45) is 1.53. The van der Waals surface area contributed by atoms with Crippen molar-refractivity contribution in [1.82, 2.24) is 5.32 Å². The third kappa shape index (κ3) is 3.73. The molecule has 2 aromatic rings. The van der Waals surface area contributed by atoms with E-state index in [1.807, 2.05) is 6.07 Å². The highest BCUT2D eigenvalue weighted by Gasteiger charge is 2.29. The SMILES string of the molecule is O=C1NC(=S)SC1=Cc1cc(F)c2c(c1)N(Cc1ccc(Cl)s1)C(=O)CO2. The Morgan fingerprint density at radius 1 is 1.37 bits per heavy atom. The third-order valence-corrected chi connectivity index (χ3v) is 6.24. The number of nitrogens with one attached hydrogen (secondary N) is 1. The van der Waals surface area contributed by atoms with Crippen LogP contribution in [-0.4, -0.2) is 22.7 Å². The quantitative estimate of drug-likeness (QED) is 0.578. The van der Waals surface area contributed by atoms with Crippen LogP contribution in [-0.2, 0) is 16.1 Å². The van der Waals surface area contributed by atoms with Crippen molar-refractivity contribution in [1.29, 1.82) is 0 Å². The van der Waals surface area contributed by atoms with Crippen molar-refractivity contribution in [2.45, 2.75) is 6.54 Å². The minimum atomic E-state index is -0.605. The number of carbonyl (C=O) groups is 2. The molecule has 0 aliphatic carbocycles. The maximum Gasteiger partial charge on any atom is 0.265 e. The molecule has 1 aromatic carbocycles. The summed E-state index contributed by atoms with van der Waals surface area (Å²) in [5, 5.41) is 2.51. The van der Waals surface area contributed by atoms with Gasteiger partial charge in [0, 0.05) is 4.88 Å². The van der Waals surface area contributed by atoms with Gasteiger partial charge in [-0.2, -0.15) is 0 Å². The Labute approximate surface area is 172 Å². The van der Waals surface area contributed by atoms with Crippen molar-refractivity contribution in [2.24, 2.45) is 0 Å². The molecule has 0 radical (unpaired) electrons. The number of carbonyl (C=O) groups excluding carboxylic acids is 2. The smallest absolute Gasteiger partial charge is 0.265 e. The molecule has 4 rings (SSSR count). The molecule has 1 saturated heterocycles. The largest absolute Gasteiger partial charge is 0.478 e. The number of halogens is 2. The fourth-order valence-electron chi connectivity index (χ4n) is 2.71. The van der Waals surface area contributed by atoms with Gasteiger partial charge in [0.2, 0.25) is 0 Å². The first-order valence-electron chi connectivity index (χ1n) is 7.66. The molecule has 27 heavy (non-hydrogen) atoms. The minimum Gasteiger partial charge on any atom is -0.478 e. The standard InChI is InChI=1S/C17H10ClFN2O3S3/c18-13-2-1-9(26-13)6-21-11-4-8(5-12-16(23)20-17(25)27-12)3-10(19)15(11)24-7-14(21)22/h1-5H,6-7H2,(H,20,23,25). The summed E-state index contributed by atoms with van der Waals surface area (Å²) in [6.45, 7) is 0.0152. The monoisotopic (exact) mass is 440 g/mol. The zero-order valence-corrected chi connectivity index (χ0v) is 16.7. The molecule has 0 spiro atoms. The Balaban J connectivity index is 1.73. The molecule has 0 saturated carbocycles. The number of anilines is 1. The van der Waals surface area contributed by atoms with Gasteiger partial charge in [0.15, 0.2) is 18.2 Å². The van der Waals surface area contributed by atoms with Crippen LogP contribution in [0, 0.1) is 5.82 Å². The highest BCUT2D eigenvalue weighted by atomic mass is 35.5. The summed E-state index contributed by atoms with van der Waals surface area (Å²) in [5.74, 6) is -1.21. The number of benzene rings is 1. The first kappa shape index (κ1) is 18.4. The fraction of sp³-hybridized carbons (Fsp3) is 0.118. The van der Waals surface area contributed by atoms with Crippen molar-refractivity contribution >= 4 is 74.8 Å². The lowest BCUT2D eigenvalue weighted by molar-refractivity contribution is -0.121. The van der Waals surface area contributed by atoms with Gasteiger partial charge in [0.25, 0.3) is 11.8 Å². The van der Waals surface area contributed by atoms with Gasteiger partial charge in [0.1, 0.15) is 4.32 Å². The molecule has 2 aliphatic heterocycles. The lowest BCUT2D eigenvalue weighted by atomic mass is 10.1. The molecule has 138 valence electrons. The van der Waals surface area contributed by atoms with Gasteiger partial charge in [-0.25, -0.2) is 4.39 Å². The topological polar surface area (TPSA) is 58.6 Å². The van der Waals surface area contributed by atoms with Crippen LogP contribution in [0.4, 0.5) is 10.1 Å². The second kappa shape index (κ2) is 7.23. The van der Waals surface area contributed by atoms with Gasteiger partial charge in [-0.05, 0) is 35.9 Å². The van der Waals surface area contributed by atoms with E-state index in [9.17, 15) is 14.0 Å². The number of hydrogen-bond donors (Lipinski definition) is 1. The zero-order chi connectivity index (χ0) is 19.1. The molecule has 5 nitrogen and oxygen atoms in total. The predicted octanol–water partition coefficient (Wildman–Crippen LogP) is 3.96. The number of ether oxygens (including phenoxy) is 1. The summed E-state index contributed by atoms with van der Waals surface area (Å²) in [5.41, 5.74) is 0.745. The van der Waals surface area contributed by atoms with Crippen molar-refractivity contribution in [3.8, 4) is 5.75 Å². The molecule has 2 amide bonds. The lowest BCUT2D eigenvalue weighted by Gasteiger charge is -2.29. The first-order chi connectivity index (χ1) is 12.9. The maximum absolute atomic E-state index is 14.6. The first-order valence-corrected chi connectivity index (χ1v) is 10.1. The molecule has 0 bridgehead atoms. The van der Waals surface area contributed by atoms with Crippen LogP contribution in [0.5, 0.6) is 5.75 Å². The number of hydrogen-bond acceptors (Lipinski definition) is 6.